The maximum Gasteiger partial charge on any atom is 0.254 e. The van der Waals surface area contributed by atoms with Gasteiger partial charge in [-0.2, -0.15) is 4.98 Å². The molecule has 5 nitrogen and oxygen atoms in total. The summed E-state index contributed by atoms with van der Waals surface area (Å²) in [5.74, 6) is 0.953. The second kappa shape index (κ2) is 6.69. The van der Waals surface area contributed by atoms with Gasteiger partial charge in [0, 0.05) is 22.7 Å². The number of carbonyl (C=O) groups is 1. The average Bonchev–Trinajstić information content (AvgIpc) is 3.31. The Kier molecular flexibility index (Phi) is 4.24. The number of benzene rings is 2. The van der Waals surface area contributed by atoms with E-state index in [2.05, 4.69) is 10.1 Å². The normalized spacial score (nSPS) is 17.0. The number of halogens is 1. The lowest BCUT2D eigenvalue weighted by Gasteiger charge is -2.22. The number of nitrogens with zero attached hydrogens (tertiary/aromatic N) is 3. The molecular weight excluding hydrogens is 338 g/mol. The predicted octanol–water partition coefficient (Wildman–Crippen LogP) is 4.37. The first-order valence-electron chi connectivity index (χ1n) is 8.18. The molecule has 0 unspecified atom stereocenters. The van der Waals surface area contributed by atoms with Gasteiger partial charge in [0.05, 0.1) is 0 Å². The zero-order valence-corrected chi connectivity index (χ0v) is 14.2. The lowest BCUT2D eigenvalue weighted by Crippen LogP contribution is -2.30. The van der Waals surface area contributed by atoms with Crippen LogP contribution in [-0.2, 0) is 0 Å². The van der Waals surface area contributed by atoms with E-state index < -0.39 is 0 Å². The Hall–Kier alpha value is -2.66. The largest absolute Gasteiger partial charge is 0.337 e. The molecule has 3 aromatic rings. The molecule has 1 atom stereocenters. The standard InChI is InChI=1S/C19H16ClN3O2/c20-15-9-4-8-14(12-15)19(24)23-11-5-10-16(23)18-21-17(22-25-18)13-6-2-1-3-7-13/h1-4,6-9,12,16H,5,10-11H2/t16-/m1/s1. The smallest absolute Gasteiger partial charge is 0.254 e. The Morgan fingerprint density at radius 3 is 2.80 bits per heavy atom. The topological polar surface area (TPSA) is 59.2 Å². The second-order valence-corrected chi connectivity index (χ2v) is 6.43. The molecule has 0 spiro atoms. The fraction of sp³-hybridized carbons (Fsp3) is 0.211. The molecule has 0 saturated carbocycles. The first-order chi connectivity index (χ1) is 12.2. The number of aromatic nitrogens is 2. The summed E-state index contributed by atoms with van der Waals surface area (Å²) < 4.78 is 5.46. The summed E-state index contributed by atoms with van der Waals surface area (Å²) in [6.07, 6.45) is 1.71. The van der Waals surface area contributed by atoms with Gasteiger partial charge in [-0.05, 0) is 31.0 Å². The summed E-state index contributed by atoms with van der Waals surface area (Å²) in [6, 6.07) is 16.4. The lowest BCUT2D eigenvalue weighted by atomic mass is 10.1. The number of likely N-dealkylation sites (tertiary alicyclic amines) is 1. The highest BCUT2D eigenvalue weighted by atomic mass is 35.5. The fourth-order valence-corrected chi connectivity index (χ4v) is 3.32. The second-order valence-electron chi connectivity index (χ2n) is 5.99. The molecule has 0 aliphatic carbocycles. The van der Waals surface area contributed by atoms with E-state index in [4.69, 9.17) is 16.1 Å². The van der Waals surface area contributed by atoms with E-state index >= 15 is 0 Å². The van der Waals surface area contributed by atoms with Crippen LogP contribution in [0.25, 0.3) is 11.4 Å². The molecule has 6 heteroatoms. The highest BCUT2D eigenvalue weighted by Crippen LogP contribution is 2.33. The first kappa shape index (κ1) is 15.8. The molecule has 0 N–H and O–H groups in total. The molecule has 1 amide bonds. The summed E-state index contributed by atoms with van der Waals surface area (Å²) in [4.78, 5) is 19.1. The van der Waals surface area contributed by atoms with Crippen molar-refractivity contribution in [3.05, 3.63) is 71.1 Å². The van der Waals surface area contributed by atoms with Gasteiger partial charge < -0.3 is 9.42 Å². The highest BCUT2D eigenvalue weighted by Gasteiger charge is 2.34. The molecule has 126 valence electrons. The van der Waals surface area contributed by atoms with E-state index in [1.54, 1.807) is 29.2 Å². The van der Waals surface area contributed by atoms with Gasteiger partial charge in [-0.15, -0.1) is 0 Å². The molecule has 0 radical (unpaired) electrons. The van der Waals surface area contributed by atoms with E-state index in [1.165, 1.54) is 0 Å². The van der Waals surface area contributed by atoms with Crippen molar-refractivity contribution in [1.82, 2.24) is 15.0 Å². The minimum absolute atomic E-state index is 0.0653. The summed E-state index contributed by atoms with van der Waals surface area (Å²) in [5, 5.41) is 4.61. The van der Waals surface area contributed by atoms with Gasteiger partial charge in [0.1, 0.15) is 6.04 Å². The Labute approximate surface area is 150 Å². The molecule has 0 bridgehead atoms. The molecule has 25 heavy (non-hydrogen) atoms. The Balaban J connectivity index is 1.60. The predicted molar refractivity (Wildman–Crippen MR) is 94.2 cm³/mol. The molecule has 1 saturated heterocycles. The van der Waals surface area contributed by atoms with Crippen LogP contribution in [0.1, 0.15) is 35.1 Å². The molecule has 2 heterocycles. The molecule has 1 aliphatic heterocycles. The number of hydrogen-bond acceptors (Lipinski definition) is 4. The van der Waals surface area contributed by atoms with Crippen molar-refractivity contribution in [2.24, 2.45) is 0 Å². The number of rotatable bonds is 3. The van der Waals surface area contributed by atoms with Crippen LogP contribution in [0.15, 0.2) is 59.1 Å². The van der Waals surface area contributed by atoms with E-state index in [0.29, 0.717) is 28.8 Å². The Bertz CT molecular complexity index is 894. The lowest BCUT2D eigenvalue weighted by molar-refractivity contribution is 0.0710. The van der Waals surface area contributed by atoms with Crippen LogP contribution in [0.4, 0.5) is 0 Å². The number of carbonyl (C=O) groups excluding carboxylic acids is 1. The molecular formula is C19H16ClN3O2. The van der Waals surface area contributed by atoms with Crippen molar-refractivity contribution in [2.75, 3.05) is 6.54 Å². The van der Waals surface area contributed by atoms with Crippen molar-refractivity contribution < 1.29 is 9.32 Å². The number of hydrogen-bond donors (Lipinski definition) is 0. The van der Waals surface area contributed by atoms with Gasteiger partial charge in [-0.1, -0.05) is 53.2 Å². The highest BCUT2D eigenvalue weighted by molar-refractivity contribution is 6.30. The third kappa shape index (κ3) is 3.15. The van der Waals surface area contributed by atoms with Gasteiger partial charge in [-0.25, -0.2) is 0 Å². The summed E-state index contributed by atoms with van der Waals surface area (Å²) in [6.45, 7) is 0.666. The minimum atomic E-state index is -0.198. The SMILES string of the molecule is O=C(c1cccc(Cl)c1)N1CCC[C@@H]1c1nc(-c2ccccc2)no1. The van der Waals surface area contributed by atoms with Crippen LogP contribution >= 0.6 is 11.6 Å². The zero-order valence-electron chi connectivity index (χ0n) is 13.4. The molecule has 2 aromatic carbocycles. The van der Waals surface area contributed by atoms with Crippen molar-refractivity contribution >= 4 is 17.5 Å². The van der Waals surface area contributed by atoms with Crippen molar-refractivity contribution in [3.63, 3.8) is 0 Å². The van der Waals surface area contributed by atoms with Gasteiger partial charge >= 0.3 is 0 Å². The first-order valence-corrected chi connectivity index (χ1v) is 8.56. The van der Waals surface area contributed by atoms with Gasteiger partial charge in [-0.3, -0.25) is 4.79 Å². The number of amides is 1. The van der Waals surface area contributed by atoms with Crippen LogP contribution in [-0.4, -0.2) is 27.5 Å². The summed E-state index contributed by atoms with van der Waals surface area (Å²) in [5.41, 5.74) is 1.46. The Morgan fingerprint density at radius 1 is 1.16 bits per heavy atom. The van der Waals surface area contributed by atoms with E-state index in [-0.39, 0.29) is 11.9 Å². The van der Waals surface area contributed by atoms with Crippen LogP contribution in [0, 0.1) is 0 Å². The molecule has 1 fully saturated rings. The van der Waals surface area contributed by atoms with Gasteiger partial charge in [0.25, 0.3) is 5.91 Å². The molecule has 4 rings (SSSR count). The van der Waals surface area contributed by atoms with Crippen molar-refractivity contribution in [2.45, 2.75) is 18.9 Å². The van der Waals surface area contributed by atoms with Crippen LogP contribution < -0.4 is 0 Å². The third-order valence-electron chi connectivity index (χ3n) is 4.34. The van der Waals surface area contributed by atoms with Crippen LogP contribution in [0.3, 0.4) is 0 Å². The quantitative estimate of drug-likeness (QED) is 0.701. The van der Waals surface area contributed by atoms with Gasteiger partial charge in [0.2, 0.25) is 11.7 Å². The molecule has 1 aromatic heterocycles. The van der Waals surface area contributed by atoms with Crippen molar-refractivity contribution in [3.8, 4) is 11.4 Å². The summed E-state index contributed by atoms with van der Waals surface area (Å²) in [7, 11) is 0. The van der Waals surface area contributed by atoms with Crippen molar-refractivity contribution in [1.29, 1.82) is 0 Å². The third-order valence-corrected chi connectivity index (χ3v) is 4.58. The van der Waals surface area contributed by atoms with Crippen LogP contribution in [0.5, 0.6) is 0 Å². The minimum Gasteiger partial charge on any atom is -0.337 e. The average molecular weight is 354 g/mol. The zero-order chi connectivity index (χ0) is 17.2. The van der Waals surface area contributed by atoms with E-state index in [0.717, 1.165) is 18.4 Å². The van der Waals surface area contributed by atoms with E-state index in [1.807, 2.05) is 30.3 Å². The Morgan fingerprint density at radius 2 is 2.00 bits per heavy atom. The summed E-state index contributed by atoms with van der Waals surface area (Å²) >= 11 is 6.01. The van der Waals surface area contributed by atoms with Gasteiger partial charge in [0.15, 0.2) is 0 Å². The monoisotopic (exact) mass is 353 g/mol. The maximum atomic E-state index is 12.8. The van der Waals surface area contributed by atoms with E-state index in [9.17, 15) is 4.79 Å². The molecule has 1 aliphatic rings. The fourth-order valence-electron chi connectivity index (χ4n) is 3.13. The maximum absolute atomic E-state index is 12.8. The van der Waals surface area contributed by atoms with Crippen LogP contribution in [0.2, 0.25) is 5.02 Å².